The van der Waals surface area contributed by atoms with Crippen molar-refractivity contribution in [3.63, 3.8) is 0 Å². The van der Waals surface area contributed by atoms with Gasteiger partial charge in [0.05, 0.1) is 19.2 Å². The zero-order valence-corrected chi connectivity index (χ0v) is 20.8. The lowest BCUT2D eigenvalue weighted by Crippen LogP contribution is -2.19. The molecule has 1 aliphatic rings. The number of Topliss-reactive ketones (excluding diaryl/α,β-unsaturated/α-hetero) is 1. The molecule has 0 aliphatic heterocycles. The first-order valence-electron chi connectivity index (χ1n) is 11.6. The molecule has 0 saturated heterocycles. The van der Waals surface area contributed by atoms with Gasteiger partial charge in [-0.1, -0.05) is 12.1 Å². The van der Waals surface area contributed by atoms with Gasteiger partial charge in [-0.25, -0.2) is 0 Å². The Morgan fingerprint density at radius 2 is 1.50 bits per heavy atom. The standard InChI is InChI=1S/C27H37NO4/c1-14-9-22(10-14)27-20(7)26(28-32-27)21(12-25(30)31-8)11-23(29)13-24-18(5)16(3)15(2)17(4)19(24)6/h14,21-22H,9-13H2,1-8H3. The normalized spacial score (nSPS) is 18.9. The molecule has 1 fully saturated rings. The number of benzene rings is 1. The fraction of sp³-hybridized carbons (Fsp3) is 0.593. The van der Waals surface area contributed by atoms with Gasteiger partial charge in [-0.15, -0.1) is 0 Å². The summed E-state index contributed by atoms with van der Waals surface area (Å²) in [6.07, 6.45) is 2.93. The largest absolute Gasteiger partial charge is 0.469 e. The van der Waals surface area contributed by atoms with E-state index in [1.54, 1.807) is 0 Å². The number of nitrogens with zero attached hydrogens (tertiary/aromatic N) is 1. The van der Waals surface area contributed by atoms with E-state index < -0.39 is 0 Å². The van der Waals surface area contributed by atoms with Crippen molar-refractivity contribution in [1.82, 2.24) is 5.16 Å². The average molecular weight is 440 g/mol. The SMILES string of the molecule is COC(=O)CC(CC(=O)Cc1c(C)c(C)c(C)c(C)c1C)c1noc(C2CC(C)C2)c1C. The Kier molecular flexibility index (Phi) is 7.26. The van der Waals surface area contributed by atoms with Gasteiger partial charge in [0.25, 0.3) is 0 Å². The molecule has 3 rings (SSSR count). The van der Waals surface area contributed by atoms with Gasteiger partial charge in [0.1, 0.15) is 11.5 Å². The van der Waals surface area contributed by atoms with Gasteiger partial charge in [0, 0.05) is 30.2 Å². The number of aromatic nitrogens is 1. The van der Waals surface area contributed by atoms with Gasteiger partial charge in [-0.05, 0) is 93.7 Å². The topological polar surface area (TPSA) is 69.4 Å². The Labute approximate surface area is 191 Å². The lowest BCUT2D eigenvalue weighted by Gasteiger charge is -2.30. The number of hydrogen-bond acceptors (Lipinski definition) is 5. The molecule has 1 aromatic carbocycles. The Morgan fingerprint density at radius 1 is 0.938 bits per heavy atom. The number of methoxy groups -OCH3 is 1. The molecule has 1 saturated carbocycles. The van der Waals surface area contributed by atoms with Crippen LogP contribution in [-0.4, -0.2) is 24.0 Å². The summed E-state index contributed by atoms with van der Waals surface area (Å²) in [7, 11) is 1.38. The first-order valence-corrected chi connectivity index (χ1v) is 11.6. The van der Waals surface area contributed by atoms with Crippen molar-refractivity contribution in [1.29, 1.82) is 0 Å². The van der Waals surface area contributed by atoms with E-state index in [4.69, 9.17) is 9.26 Å². The molecule has 174 valence electrons. The summed E-state index contributed by atoms with van der Waals surface area (Å²) < 4.78 is 10.6. The number of carbonyl (C=O) groups excluding carboxylic acids is 2. The Bertz CT molecular complexity index is 998. The summed E-state index contributed by atoms with van der Waals surface area (Å²) in [5.41, 5.74) is 8.96. The lowest BCUT2D eigenvalue weighted by molar-refractivity contribution is -0.141. The predicted octanol–water partition coefficient (Wildman–Crippen LogP) is 5.89. The van der Waals surface area contributed by atoms with E-state index in [0.29, 0.717) is 18.3 Å². The minimum Gasteiger partial charge on any atom is -0.469 e. The van der Waals surface area contributed by atoms with E-state index in [1.165, 1.54) is 34.9 Å². The predicted molar refractivity (Wildman–Crippen MR) is 125 cm³/mol. The minimum absolute atomic E-state index is 0.106. The van der Waals surface area contributed by atoms with Crippen LogP contribution in [0.15, 0.2) is 4.52 Å². The molecule has 0 bridgehead atoms. The van der Waals surface area contributed by atoms with E-state index in [1.807, 2.05) is 6.92 Å². The molecule has 1 atom stereocenters. The van der Waals surface area contributed by atoms with Crippen LogP contribution in [0.5, 0.6) is 0 Å². The molecule has 1 aliphatic carbocycles. The van der Waals surface area contributed by atoms with E-state index in [0.717, 1.165) is 35.4 Å². The second-order valence-corrected chi connectivity index (χ2v) is 9.83. The van der Waals surface area contributed by atoms with Gasteiger partial charge in [-0.2, -0.15) is 0 Å². The monoisotopic (exact) mass is 439 g/mol. The van der Waals surface area contributed by atoms with Gasteiger partial charge in [0.2, 0.25) is 0 Å². The van der Waals surface area contributed by atoms with Gasteiger partial charge >= 0.3 is 5.97 Å². The molecule has 5 heteroatoms. The highest BCUT2D eigenvalue weighted by molar-refractivity contribution is 5.83. The van der Waals surface area contributed by atoms with Crippen LogP contribution in [0.25, 0.3) is 0 Å². The highest BCUT2D eigenvalue weighted by Crippen LogP contribution is 2.44. The Hall–Kier alpha value is -2.43. The van der Waals surface area contributed by atoms with E-state index >= 15 is 0 Å². The van der Waals surface area contributed by atoms with Crippen molar-refractivity contribution in [3.8, 4) is 0 Å². The van der Waals surface area contributed by atoms with Crippen molar-refractivity contribution in [2.24, 2.45) is 5.92 Å². The second kappa shape index (κ2) is 9.60. The number of carbonyl (C=O) groups is 2. The molecular formula is C27H37NO4. The summed E-state index contributed by atoms with van der Waals surface area (Å²) in [6.45, 7) is 14.8. The molecule has 5 nitrogen and oxygen atoms in total. The third-order valence-corrected chi connectivity index (χ3v) is 7.77. The van der Waals surface area contributed by atoms with Crippen molar-refractivity contribution in [3.05, 3.63) is 50.4 Å². The molecule has 1 aromatic heterocycles. The van der Waals surface area contributed by atoms with Crippen LogP contribution < -0.4 is 0 Å². The van der Waals surface area contributed by atoms with Crippen molar-refractivity contribution >= 4 is 11.8 Å². The fourth-order valence-electron chi connectivity index (χ4n) is 5.18. The van der Waals surface area contributed by atoms with E-state index in [9.17, 15) is 9.59 Å². The maximum Gasteiger partial charge on any atom is 0.306 e. The maximum absolute atomic E-state index is 13.2. The quantitative estimate of drug-likeness (QED) is 0.480. The summed E-state index contributed by atoms with van der Waals surface area (Å²) in [4.78, 5) is 25.4. The zero-order chi connectivity index (χ0) is 23.7. The number of ketones is 1. The highest BCUT2D eigenvalue weighted by atomic mass is 16.5. The van der Waals surface area contributed by atoms with Crippen molar-refractivity contribution < 1.29 is 18.8 Å². The molecule has 0 N–H and O–H groups in total. The first-order chi connectivity index (χ1) is 15.0. The second-order valence-electron chi connectivity index (χ2n) is 9.83. The molecular weight excluding hydrogens is 402 g/mol. The van der Waals surface area contributed by atoms with Gasteiger partial charge < -0.3 is 9.26 Å². The zero-order valence-electron chi connectivity index (χ0n) is 20.8. The smallest absolute Gasteiger partial charge is 0.306 e. The molecule has 2 aromatic rings. The third kappa shape index (κ3) is 4.67. The van der Waals surface area contributed by atoms with Crippen LogP contribution >= 0.6 is 0 Å². The van der Waals surface area contributed by atoms with E-state index in [-0.39, 0.29) is 30.5 Å². The number of rotatable bonds is 8. The summed E-state index contributed by atoms with van der Waals surface area (Å²) >= 11 is 0. The van der Waals surface area contributed by atoms with E-state index in [2.05, 4.69) is 46.7 Å². The number of hydrogen-bond donors (Lipinski definition) is 0. The lowest BCUT2D eigenvalue weighted by atomic mass is 9.73. The van der Waals surface area contributed by atoms with Crippen LogP contribution in [0.2, 0.25) is 0 Å². The first kappa shape index (κ1) is 24.2. The highest BCUT2D eigenvalue weighted by Gasteiger charge is 2.34. The average Bonchev–Trinajstić information content (AvgIpc) is 3.11. The fourth-order valence-corrected chi connectivity index (χ4v) is 5.18. The van der Waals surface area contributed by atoms with Gasteiger partial charge in [0.15, 0.2) is 0 Å². The van der Waals surface area contributed by atoms with Crippen molar-refractivity contribution in [2.75, 3.05) is 7.11 Å². The third-order valence-electron chi connectivity index (χ3n) is 7.77. The van der Waals surface area contributed by atoms with Crippen LogP contribution in [0, 0.1) is 47.5 Å². The minimum atomic E-state index is -0.335. The molecule has 0 radical (unpaired) electrons. The number of esters is 1. The van der Waals surface area contributed by atoms with Crippen LogP contribution in [0.1, 0.15) is 94.8 Å². The molecule has 32 heavy (non-hydrogen) atoms. The van der Waals surface area contributed by atoms with Crippen molar-refractivity contribution in [2.45, 2.75) is 92.4 Å². The summed E-state index contributed by atoms with van der Waals surface area (Å²) in [6, 6.07) is 0. The maximum atomic E-state index is 13.2. The summed E-state index contributed by atoms with van der Waals surface area (Å²) in [5.74, 6) is 1.44. The Balaban J connectivity index is 1.84. The van der Waals surface area contributed by atoms with Crippen LogP contribution in [0.4, 0.5) is 0 Å². The van der Waals surface area contributed by atoms with Crippen LogP contribution in [0.3, 0.4) is 0 Å². The molecule has 0 amide bonds. The van der Waals surface area contributed by atoms with Gasteiger partial charge in [-0.3, -0.25) is 9.59 Å². The summed E-state index contributed by atoms with van der Waals surface area (Å²) in [5, 5.41) is 4.33. The Morgan fingerprint density at radius 3 is 2.03 bits per heavy atom. The van der Waals surface area contributed by atoms with Crippen LogP contribution in [-0.2, 0) is 20.7 Å². The molecule has 1 unspecified atom stereocenters. The number of ether oxygens (including phenoxy) is 1. The molecule has 1 heterocycles. The molecule has 0 spiro atoms.